The van der Waals surface area contributed by atoms with Gasteiger partial charge in [-0.15, -0.1) is 46.4 Å². The van der Waals surface area contributed by atoms with Crippen LogP contribution in [0.3, 0.4) is 0 Å². The van der Waals surface area contributed by atoms with Crippen molar-refractivity contribution in [2.24, 2.45) is 0 Å². The van der Waals surface area contributed by atoms with Gasteiger partial charge in [-0.05, 0) is 48.5 Å². The van der Waals surface area contributed by atoms with E-state index in [1.54, 1.807) is 24.3 Å². The topological polar surface area (TPSA) is 106 Å². The number of anilines is 2. The van der Waals surface area contributed by atoms with Gasteiger partial charge in [0.1, 0.15) is 24.7 Å². The third kappa shape index (κ3) is 11.8. The number of hydrogen-bond acceptors (Lipinski definition) is 8. The Hall–Kier alpha value is -1.36. The smallest absolute Gasteiger partial charge is 0.122 e. The Morgan fingerprint density at radius 2 is 0.763 bits per heavy atom. The molecule has 214 valence electrons. The maximum Gasteiger partial charge on any atom is 0.122 e. The van der Waals surface area contributed by atoms with Crippen molar-refractivity contribution in [3.63, 3.8) is 0 Å². The fourth-order valence-corrected chi connectivity index (χ4v) is 4.00. The predicted octanol–water partition coefficient (Wildman–Crippen LogP) is 3.16. The van der Waals surface area contributed by atoms with Gasteiger partial charge in [-0.3, -0.25) is 0 Å². The normalized spacial score (nSPS) is 14.4. The molecule has 4 atom stereocenters. The minimum Gasteiger partial charge on any atom is -0.490 e. The summed E-state index contributed by atoms with van der Waals surface area (Å²) in [5.41, 5.74) is 1.60. The first kappa shape index (κ1) is 32.8. The lowest BCUT2D eigenvalue weighted by Gasteiger charge is -2.28. The molecule has 0 amide bonds. The van der Waals surface area contributed by atoms with E-state index in [1.165, 1.54) is 0 Å². The van der Waals surface area contributed by atoms with Gasteiger partial charge in [0.25, 0.3) is 0 Å². The zero-order chi connectivity index (χ0) is 27.9. The lowest BCUT2D eigenvalue weighted by molar-refractivity contribution is 0.180. The molecule has 0 aliphatic heterocycles. The maximum atomic E-state index is 9.94. The lowest BCUT2D eigenvalue weighted by Crippen LogP contribution is -2.39. The van der Waals surface area contributed by atoms with E-state index in [2.05, 4.69) is 0 Å². The first-order valence-corrected chi connectivity index (χ1v) is 14.3. The summed E-state index contributed by atoms with van der Waals surface area (Å²) in [5, 5.41) is 39.8. The number of ether oxygens (including phenoxy) is 2. The standard InChI is InChI=1S/C26H36Cl4N2O6/c27-11-21(33)15-31(16-22(34)12-28)19-1-5-25(6-2-19)37-9-10-38-26-7-3-20(4-8-26)32(17-23(35)13-29)18-24(36)14-30/h1-8,21-24,33-36H,9-18H2. The first-order chi connectivity index (χ1) is 18.3. The van der Waals surface area contributed by atoms with Gasteiger partial charge in [0.05, 0.1) is 47.9 Å². The molecule has 4 N–H and O–H groups in total. The number of hydrogen-bond donors (Lipinski definition) is 4. The molecule has 0 spiro atoms. The van der Waals surface area contributed by atoms with Crippen molar-refractivity contribution in [2.75, 3.05) is 72.7 Å². The molecule has 4 unspecified atom stereocenters. The molecule has 0 radical (unpaired) electrons. The predicted molar refractivity (Wildman–Crippen MR) is 155 cm³/mol. The molecule has 0 aromatic heterocycles. The third-order valence-electron chi connectivity index (χ3n) is 5.46. The summed E-state index contributed by atoms with van der Waals surface area (Å²) >= 11 is 22.9. The van der Waals surface area contributed by atoms with E-state index in [4.69, 9.17) is 55.9 Å². The van der Waals surface area contributed by atoms with Crippen LogP contribution in [0.2, 0.25) is 0 Å². The van der Waals surface area contributed by atoms with Crippen molar-refractivity contribution in [3.8, 4) is 11.5 Å². The van der Waals surface area contributed by atoms with Gasteiger partial charge >= 0.3 is 0 Å². The average Bonchev–Trinajstić information content (AvgIpc) is 2.94. The van der Waals surface area contributed by atoms with Crippen LogP contribution in [0.15, 0.2) is 48.5 Å². The minimum absolute atomic E-state index is 0.0873. The van der Waals surface area contributed by atoms with Gasteiger partial charge in [0.2, 0.25) is 0 Å². The second-order valence-electron chi connectivity index (χ2n) is 8.73. The van der Waals surface area contributed by atoms with Crippen LogP contribution in [0.4, 0.5) is 11.4 Å². The number of aliphatic hydroxyl groups excluding tert-OH is 4. The first-order valence-electron chi connectivity index (χ1n) is 12.2. The van der Waals surface area contributed by atoms with Crippen LogP contribution in [0, 0.1) is 0 Å². The molecule has 2 aromatic rings. The van der Waals surface area contributed by atoms with Gasteiger partial charge in [0, 0.05) is 37.6 Å². The van der Waals surface area contributed by atoms with Crippen molar-refractivity contribution in [1.82, 2.24) is 0 Å². The molecular formula is C26H36Cl4N2O6. The van der Waals surface area contributed by atoms with Crippen LogP contribution in [-0.2, 0) is 0 Å². The highest BCUT2D eigenvalue weighted by molar-refractivity contribution is 6.18. The van der Waals surface area contributed by atoms with E-state index in [-0.39, 0.29) is 49.7 Å². The number of alkyl halides is 4. The van der Waals surface area contributed by atoms with E-state index in [0.717, 1.165) is 11.4 Å². The Morgan fingerprint density at radius 3 is 1.00 bits per heavy atom. The van der Waals surface area contributed by atoms with Gasteiger partial charge in [-0.2, -0.15) is 0 Å². The number of aliphatic hydroxyl groups is 4. The Morgan fingerprint density at radius 1 is 0.500 bits per heavy atom. The van der Waals surface area contributed by atoms with Gasteiger partial charge in [0.15, 0.2) is 0 Å². The molecule has 0 aliphatic rings. The van der Waals surface area contributed by atoms with Gasteiger partial charge in [-0.1, -0.05) is 0 Å². The summed E-state index contributed by atoms with van der Waals surface area (Å²) in [7, 11) is 0. The molecule has 2 rings (SSSR count). The van der Waals surface area contributed by atoms with E-state index in [9.17, 15) is 20.4 Å². The maximum absolute atomic E-state index is 9.94. The molecule has 2 aromatic carbocycles. The molecular weight excluding hydrogens is 578 g/mol. The largest absolute Gasteiger partial charge is 0.490 e. The fourth-order valence-electron chi connectivity index (χ4n) is 3.61. The second-order valence-corrected chi connectivity index (χ2v) is 9.96. The Labute approximate surface area is 244 Å². The molecule has 0 aliphatic carbocycles. The van der Waals surface area contributed by atoms with Crippen molar-refractivity contribution in [1.29, 1.82) is 0 Å². The van der Waals surface area contributed by atoms with Crippen molar-refractivity contribution < 1.29 is 29.9 Å². The Kier molecular flexibility index (Phi) is 15.6. The highest BCUT2D eigenvalue weighted by Gasteiger charge is 2.17. The van der Waals surface area contributed by atoms with Crippen molar-refractivity contribution in [2.45, 2.75) is 24.4 Å². The fraction of sp³-hybridized carbons (Fsp3) is 0.538. The highest BCUT2D eigenvalue weighted by Crippen LogP contribution is 2.22. The Balaban J connectivity index is 1.87. The Bertz CT molecular complexity index is 799. The van der Waals surface area contributed by atoms with Crippen molar-refractivity contribution in [3.05, 3.63) is 48.5 Å². The molecule has 38 heavy (non-hydrogen) atoms. The summed E-state index contributed by atoms with van der Waals surface area (Å²) in [6.07, 6.45) is -2.95. The van der Waals surface area contributed by atoms with E-state index in [1.807, 2.05) is 34.1 Å². The molecule has 0 saturated heterocycles. The van der Waals surface area contributed by atoms with Crippen LogP contribution in [0.5, 0.6) is 11.5 Å². The molecule has 0 bridgehead atoms. The molecule has 0 heterocycles. The van der Waals surface area contributed by atoms with E-state index >= 15 is 0 Å². The number of halogens is 4. The number of nitrogens with zero attached hydrogens (tertiary/aromatic N) is 2. The highest BCUT2D eigenvalue weighted by atomic mass is 35.5. The zero-order valence-corrected chi connectivity index (χ0v) is 24.0. The summed E-state index contributed by atoms with van der Waals surface area (Å²) < 4.78 is 11.5. The van der Waals surface area contributed by atoms with Gasteiger partial charge < -0.3 is 39.7 Å². The summed E-state index contributed by atoms with van der Waals surface area (Å²) in [6, 6.07) is 14.6. The molecule has 8 nitrogen and oxygen atoms in total. The summed E-state index contributed by atoms with van der Waals surface area (Å²) in [5.74, 6) is 1.64. The van der Waals surface area contributed by atoms with Crippen LogP contribution >= 0.6 is 46.4 Å². The van der Waals surface area contributed by atoms with E-state index in [0.29, 0.717) is 24.7 Å². The summed E-state index contributed by atoms with van der Waals surface area (Å²) in [6.45, 7) is 1.70. The zero-order valence-electron chi connectivity index (χ0n) is 21.0. The van der Waals surface area contributed by atoms with Gasteiger partial charge in [-0.25, -0.2) is 0 Å². The number of rotatable bonds is 19. The molecule has 0 fully saturated rings. The van der Waals surface area contributed by atoms with Crippen LogP contribution in [0.25, 0.3) is 0 Å². The van der Waals surface area contributed by atoms with Crippen molar-refractivity contribution >= 4 is 57.8 Å². The third-order valence-corrected chi connectivity index (χ3v) is 6.89. The molecule has 12 heteroatoms. The summed E-state index contributed by atoms with van der Waals surface area (Å²) in [4.78, 5) is 3.65. The quantitative estimate of drug-likeness (QED) is 0.141. The second kappa shape index (κ2) is 18.1. The molecule has 0 saturated carbocycles. The lowest BCUT2D eigenvalue weighted by atomic mass is 10.2. The average molecular weight is 614 g/mol. The monoisotopic (exact) mass is 612 g/mol. The SMILES string of the molecule is OC(CCl)CN(CC(O)CCl)c1ccc(OCCOc2ccc(N(CC(O)CCl)CC(O)CCl)cc2)cc1. The van der Waals surface area contributed by atoms with Crippen LogP contribution in [0.1, 0.15) is 0 Å². The number of benzene rings is 2. The van der Waals surface area contributed by atoms with E-state index < -0.39 is 24.4 Å². The minimum atomic E-state index is -0.737. The van der Waals surface area contributed by atoms with Crippen LogP contribution in [-0.4, -0.2) is 108 Å². The van der Waals surface area contributed by atoms with Crippen LogP contribution < -0.4 is 19.3 Å².